The molecule has 0 aliphatic carbocycles. The van der Waals surface area contributed by atoms with E-state index in [9.17, 15) is 8.42 Å². The van der Waals surface area contributed by atoms with Gasteiger partial charge in [-0.3, -0.25) is 0 Å². The molecule has 0 spiro atoms. The van der Waals surface area contributed by atoms with Crippen molar-refractivity contribution in [1.82, 2.24) is 5.32 Å². The molecule has 66 valence electrons. The fourth-order valence-electron chi connectivity index (χ4n) is 1.39. The zero-order valence-corrected chi connectivity index (χ0v) is 7.26. The molecule has 0 saturated carbocycles. The Morgan fingerprint density at radius 2 is 2.18 bits per heavy atom. The van der Waals surface area contributed by atoms with E-state index in [4.69, 9.17) is 5.11 Å². The highest BCUT2D eigenvalue weighted by atomic mass is 32.2. The molecule has 0 bridgehead atoms. The zero-order valence-electron chi connectivity index (χ0n) is 6.45. The van der Waals surface area contributed by atoms with Gasteiger partial charge in [0.15, 0.2) is 9.84 Å². The largest absolute Gasteiger partial charge is 0.396 e. The number of aliphatic hydroxyl groups is 1. The number of aliphatic hydroxyl groups excluding tert-OH is 1. The molecule has 2 N–H and O–H groups in total. The van der Waals surface area contributed by atoms with Crippen LogP contribution in [0, 0.1) is 5.92 Å². The molecule has 11 heavy (non-hydrogen) atoms. The first-order chi connectivity index (χ1) is 5.05. The maximum Gasteiger partial charge on any atom is 0.151 e. The fourth-order valence-corrected chi connectivity index (χ4v) is 2.69. The van der Waals surface area contributed by atoms with Gasteiger partial charge in [0.1, 0.15) is 0 Å². The lowest BCUT2D eigenvalue weighted by molar-refractivity contribution is 0.238. The Morgan fingerprint density at radius 3 is 2.55 bits per heavy atom. The molecular formula is C6H13NO3S. The molecule has 1 rings (SSSR count). The molecule has 4 nitrogen and oxygen atoms in total. The SMILES string of the molecule is CS(=O)(=O)C1CNCC1CO. The Balaban J connectivity index is 2.72. The lowest BCUT2D eigenvalue weighted by atomic mass is 10.1. The van der Waals surface area contributed by atoms with Crippen LogP contribution >= 0.6 is 0 Å². The standard InChI is InChI=1S/C6H13NO3S/c1-11(9,10)6-3-7-2-5(6)4-8/h5-8H,2-4H2,1H3. The van der Waals surface area contributed by atoms with Crippen molar-refractivity contribution < 1.29 is 13.5 Å². The Morgan fingerprint density at radius 1 is 1.55 bits per heavy atom. The third-order valence-corrected chi connectivity index (χ3v) is 3.71. The summed E-state index contributed by atoms with van der Waals surface area (Å²) in [6, 6.07) is 0. The molecular weight excluding hydrogens is 166 g/mol. The van der Waals surface area contributed by atoms with Gasteiger partial charge in [-0.1, -0.05) is 0 Å². The Kier molecular flexibility index (Phi) is 2.51. The van der Waals surface area contributed by atoms with Crippen molar-refractivity contribution in [3.8, 4) is 0 Å². The Bertz CT molecular complexity index is 224. The van der Waals surface area contributed by atoms with Crippen LogP contribution in [0.4, 0.5) is 0 Å². The number of hydrogen-bond acceptors (Lipinski definition) is 4. The number of nitrogens with one attached hydrogen (secondary N) is 1. The van der Waals surface area contributed by atoms with Crippen LogP contribution in [-0.2, 0) is 9.84 Å². The Labute approximate surface area is 66.5 Å². The number of rotatable bonds is 2. The molecule has 0 amide bonds. The summed E-state index contributed by atoms with van der Waals surface area (Å²) in [5.41, 5.74) is 0. The minimum atomic E-state index is -2.99. The summed E-state index contributed by atoms with van der Waals surface area (Å²) in [5.74, 6) is -0.120. The van der Waals surface area contributed by atoms with Crippen LogP contribution in [-0.4, -0.2) is 44.7 Å². The van der Waals surface area contributed by atoms with Gasteiger partial charge in [0.05, 0.1) is 5.25 Å². The van der Waals surface area contributed by atoms with Crippen LogP contribution in [0.1, 0.15) is 0 Å². The monoisotopic (exact) mass is 179 g/mol. The van der Waals surface area contributed by atoms with Gasteiger partial charge in [0.25, 0.3) is 0 Å². The van der Waals surface area contributed by atoms with Crippen molar-refractivity contribution >= 4 is 9.84 Å². The van der Waals surface area contributed by atoms with E-state index in [2.05, 4.69) is 5.32 Å². The average Bonchev–Trinajstić information content (AvgIpc) is 2.31. The summed E-state index contributed by atoms with van der Waals surface area (Å²) in [6.07, 6.45) is 1.22. The van der Waals surface area contributed by atoms with E-state index >= 15 is 0 Å². The smallest absolute Gasteiger partial charge is 0.151 e. The molecule has 0 radical (unpaired) electrons. The molecule has 1 aliphatic heterocycles. The van der Waals surface area contributed by atoms with Gasteiger partial charge >= 0.3 is 0 Å². The van der Waals surface area contributed by atoms with Gasteiger partial charge in [0, 0.05) is 31.9 Å². The molecule has 0 aromatic heterocycles. The zero-order chi connectivity index (χ0) is 8.48. The van der Waals surface area contributed by atoms with E-state index in [1.165, 1.54) is 6.26 Å². The van der Waals surface area contributed by atoms with Gasteiger partial charge in [0.2, 0.25) is 0 Å². The first-order valence-corrected chi connectivity index (χ1v) is 5.51. The highest BCUT2D eigenvalue weighted by Crippen LogP contribution is 2.15. The molecule has 2 unspecified atom stereocenters. The van der Waals surface area contributed by atoms with Crippen molar-refractivity contribution in [1.29, 1.82) is 0 Å². The third kappa shape index (κ3) is 1.91. The molecule has 1 aliphatic rings. The number of hydrogen-bond donors (Lipinski definition) is 2. The lowest BCUT2D eigenvalue weighted by Crippen LogP contribution is -2.30. The summed E-state index contributed by atoms with van der Waals surface area (Å²) in [7, 11) is -2.99. The minimum absolute atomic E-state index is 0.0509. The molecule has 0 aromatic carbocycles. The number of sulfone groups is 1. The van der Waals surface area contributed by atoms with Crippen molar-refractivity contribution in [3.05, 3.63) is 0 Å². The van der Waals surface area contributed by atoms with Crippen LogP contribution in [0.15, 0.2) is 0 Å². The van der Waals surface area contributed by atoms with E-state index in [0.717, 1.165) is 0 Å². The second-order valence-corrected chi connectivity index (χ2v) is 5.23. The van der Waals surface area contributed by atoms with Gasteiger partial charge < -0.3 is 10.4 Å². The van der Waals surface area contributed by atoms with Crippen molar-refractivity contribution in [2.24, 2.45) is 5.92 Å². The van der Waals surface area contributed by atoms with E-state index in [1.54, 1.807) is 0 Å². The van der Waals surface area contributed by atoms with Crippen molar-refractivity contribution in [2.75, 3.05) is 26.0 Å². The van der Waals surface area contributed by atoms with Gasteiger partial charge in [-0.15, -0.1) is 0 Å². The summed E-state index contributed by atoms with van der Waals surface area (Å²) >= 11 is 0. The van der Waals surface area contributed by atoms with E-state index in [1.807, 2.05) is 0 Å². The topological polar surface area (TPSA) is 66.4 Å². The molecule has 1 saturated heterocycles. The van der Waals surface area contributed by atoms with Gasteiger partial charge in [-0.2, -0.15) is 0 Å². The summed E-state index contributed by atoms with van der Waals surface area (Å²) in [6.45, 7) is 1.03. The summed E-state index contributed by atoms with van der Waals surface area (Å²) < 4.78 is 22.1. The van der Waals surface area contributed by atoms with Crippen molar-refractivity contribution in [2.45, 2.75) is 5.25 Å². The van der Waals surface area contributed by atoms with Gasteiger partial charge in [-0.05, 0) is 0 Å². The van der Waals surface area contributed by atoms with Gasteiger partial charge in [-0.25, -0.2) is 8.42 Å². The van der Waals surface area contributed by atoms with E-state index in [0.29, 0.717) is 13.1 Å². The first kappa shape index (κ1) is 8.96. The van der Waals surface area contributed by atoms with Crippen LogP contribution < -0.4 is 5.32 Å². The minimum Gasteiger partial charge on any atom is -0.396 e. The quantitative estimate of drug-likeness (QED) is 0.548. The van der Waals surface area contributed by atoms with Crippen LogP contribution in [0.2, 0.25) is 0 Å². The maximum atomic E-state index is 11.1. The maximum absolute atomic E-state index is 11.1. The summed E-state index contributed by atoms with van der Waals surface area (Å²) in [5, 5.41) is 11.3. The molecule has 0 aromatic rings. The van der Waals surface area contributed by atoms with Crippen LogP contribution in [0.25, 0.3) is 0 Å². The average molecular weight is 179 g/mol. The van der Waals surface area contributed by atoms with E-state index < -0.39 is 15.1 Å². The first-order valence-electron chi connectivity index (χ1n) is 3.56. The summed E-state index contributed by atoms with van der Waals surface area (Å²) in [4.78, 5) is 0. The van der Waals surface area contributed by atoms with E-state index in [-0.39, 0.29) is 12.5 Å². The van der Waals surface area contributed by atoms with Crippen molar-refractivity contribution in [3.63, 3.8) is 0 Å². The lowest BCUT2D eigenvalue weighted by Gasteiger charge is -2.12. The third-order valence-electron chi connectivity index (χ3n) is 2.06. The van der Waals surface area contributed by atoms with Crippen LogP contribution in [0.3, 0.4) is 0 Å². The molecule has 1 fully saturated rings. The second-order valence-electron chi connectivity index (χ2n) is 2.97. The normalized spacial score (nSPS) is 32.5. The highest BCUT2D eigenvalue weighted by Gasteiger charge is 2.33. The predicted octanol–water partition coefficient (Wildman–Crippen LogP) is -1.39. The van der Waals surface area contributed by atoms with Crippen LogP contribution in [0.5, 0.6) is 0 Å². The molecule has 5 heteroatoms. The molecule has 2 atom stereocenters. The second kappa shape index (κ2) is 3.08. The fraction of sp³-hybridized carbons (Fsp3) is 1.00. The highest BCUT2D eigenvalue weighted by molar-refractivity contribution is 7.91. The Hall–Kier alpha value is -0.130. The predicted molar refractivity (Wildman–Crippen MR) is 42.1 cm³/mol. The molecule has 1 heterocycles.